The van der Waals surface area contributed by atoms with Crippen LogP contribution in [0.1, 0.15) is 41.5 Å². The van der Waals surface area contributed by atoms with Crippen molar-refractivity contribution >= 4 is 26.6 Å². The van der Waals surface area contributed by atoms with Gasteiger partial charge in [0.15, 0.2) is 0 Å². The molecule has 29 heavy (non-hydrogen) atoms. The second-order valence-electron chi connectivity index (χ2n) is 9.94. The van der Waals surface area contributed by atoms with Gasteiger partial charge in [-0.05, 0) is 51.4 Å². The minimum absolute atomic E-state index is 0.108. The second-order valence-corrected chi connectivity index (χ2v) is 12.0. The van der Waals surface area contributed by atoms with Crippen molar-refractivity contribution in [3.8, 4) is 0 Å². The van der Waals surface area contributed by atoms with Crippen LogP contribution in [0.25, 0.3) is 0 Å². The first-order valence-electron chi connectivity index (χ1n) is 10.2. The number of aromatic nitrogens is 1. The summed E-state index contributed by atoms with van der Waals surface area (Å²) in [6.07, 6.45) is 1.40. The SMILES string of the molecule is C[Si](C)OC([C@H]1CN(c2ccc(N)nc2)CCN1C(=O)OC(C)(C)C)C(C)(C)C. The van der Waals surface area contributed by atoms with Gasteiger partial charge in [-0.3, -0.25) is 4.90 Å². The van der Waals surface area contributed by atoms with E-state index < -0.39 is 14.6 Å². The van der Waals surface area contributed by atoms with E-state index in [0.717, 1.165) is 5.69 Å². The van der Waals surface area contributed by atoms with Crippen LogP contribution in [0.2, 0.25) is 13.1 Å². The number of rotatable bonds is 4. The molecule has 1 amide bonds. The van der Waals surface area contributed by atoms with E-state index in [0.29, 0.717) is 25.5 Å². The van der Waals surface area contributed by atoms with Crippen LogP contribution in [-0.4, -0.2) is 62.4 Å². The maximum absolute atomic E-state index is 13.0. The summed E-state index contributed by atoms with van der Waals surface area (Å²) in [6.45, 7) is 18.4. The number of nitrogens with zero attached hydrogens (tertiary/aromatic N) is 3. The fraction of sp³-hybridized carbons (Fsp3) is 0.714. The van der Waals surface area contributed by atoms with E-state index in [2.05, 4.69) is 43.7 Å². The Balaban J connectivity index is 2.35. The van der Waals surface area contributed by atoms with Crippen LogP contribution < -0.4 is 10.6 Å². The summed E-state index contributed by atoms with van der Waals surface area (Å²) in [6, 6.07) is 3.65. The number of carbonyl (C=O) groups excluding carboxylic acids is 1. The molecular formula is C21H37N4O3Si. The Hall–Kier alpha value is -1.80. The summed E-state index contributed by atoms with van der Waals surface area (Å²) >= 11 is 0. The smallest absolute Gasteiger partial charge is 0.410 e. The molecule has 0 spiro atoms. The van der Waals surface area contributed by atoms with Crippen molar-refractivity contribution in [1.82, 2.24) is 9.88 Å². The Bertz CT molecular complexity index is 683. The molecule has 8 heteroatoms. The highest BCUT2D eigenvalue weighted by atomic mass is 28.3. The molecule has 2 rings (SSSR count). The van der Waals surface area contributed by atoms with Crippen molar-refractivity contribution in [2.75, 3.05) is 30.3 Å². The molecule has 1 fully saturated rings. The van der Waals surface area contributed by atoms with Crippen LogP contribution in [0.5, 0.6) is 0 Å². The number of hydrogen-bond acceptors (Lipinski definition) is 6. The zero-order valence-electron chi connectivity index (χ0n) is 19.2. The van der Waals surface area contributed by atoms with Gasteiger partial charge in [-0.25, -0.2) is 9.78 Å². The van der Waals surface area contributed by atoms with Crippen molar-refractivity contribution < 1.29 is 14.0 Å². The molecule has 163 valence electrons. The largest absolute Gasteiger partial charge is 0.444 e. The Morgan fingerprint density at radius 1 is 1.21 bits per heavy atom. The van der Waals surface area contributed by atoms with Crippen molar-refractivity contribution in [3.63, 3.8) is 0 Å². The molecule has 0 aliphatic carbocycles. The highest BCUT2D eigenvalue weighted by Crippen LogP contribution is 2.32. The quantitative estimate of drug-likeness (QED) is 0.745. The van der Waals surface area contributed by atoms with Crippen LogP contribution in [0.4, 0.5) is 16.3 Å². The third kappa shape index (κ3) is 6.60. The topological polar surface area (TPSA) is 80.9 Å². The Labute approximate surface area is 177 Å². The van der Waals surface area contributed by atoms with Crippen LogP contribution in [0, 0.1) is 5.41 Å². The summed E-state index contributed by atoms with van der Waals surface area (Å²) in [5.74, 6) is 0.498. The Kier molecular flexibility index (Phi) is 7.22. The highest BCUT2D eigenvalue weighted by molar-refractivity contribution is 6.48. The van der Waals surface area contributed by atoms with E-state index >= 15 is 0 Å². The molecule has 2 N–H and O–H groups in total. The molecular weight excluding hydrogens is 384 g/mol. The molecule has 1 aromatic rings. The number of piperazine rings is 1. The Morgan fingerprint density at radius 2 is 1.86 bits per heavy atom. The summed E-state index contributed by atoms with van der Waals surface area (Å²) in [7, 11) is -0.960. The van der Waals surface area contributed by atoms with Crippen molar-refractivity contribution in [2.24, 2.45) is 5.41 Å². The predicted molar refractivity (Wildman–Crippen MR) is 119 cm³/mol. The predicted octanol–water partition coefficient (Wildman–Crippen LogP) is 3.77. The van der Waals surface area contributed by atoms with Gasteiger partial charge in [-0.15, -0.1) is 0 Å². The van der Waals surface area contributed by atoms with Crippen LogP contribution in [0.15, 0.2) is 18.3 Å². The molecule has 1 aromatic heterocycles. The highest BCUT2D eigenvalue weighted by Gasteiger charge is 2.43. The van der Waals surface area contributed by atoms with Crippen LogP contribution >= 0.6 is 0 Å². The molecule has 2 heterocycles. The van der Waals surface area contributed by atoms with Crippen LogP contribution in [-0.2, 0) is 9.16 Å². The first-order chi connectivity index (χ1) is 13.3. The van der Waals surface area contributed by atoms with Gasteiger partial charge >= 0.3 is 6.09 Å². The zero-order chi connectivity index (χ0) is 22.0. The van der Waals surface area contributed by atoms with Gasteiger partial charge in [-0.2, -0.15) is 0 Å². The van der Waals surface area contributed by atoms with Crippen molar-refractivity contribution in [2.45, 2.75) is 72.4 Å². The van der Waals surface area contributed by atoms with Crippen LogP contribution in [0.3, 0.4) is 0 Å². The number of ether oxygens (including phenoxy) is 1. The summed E-state index contributed by atoms with van der Waals surface area (Å²) in [5, 5.41) is 0. The minimum Gasteiger partial charge on any atom is -0.444 e. The van der Waals surface area contributed by atoms with Gasteiger partial charge in [0.25, 0.3) is 0 Å². The maximum atomic E-state index is 13.0. The number of anilines is 2. The lowest BCUT2D eigenvalue weighted by atomic mass is 9.83. The average Bonchev–Trinajstić information content (AvgIpc) is 2.57. The van der Waals surface area contributed by atoms with Crippen molar-refractivity contribution in [1.29, 1.82) is 0 Å². The van der Waals surface area contributed by atoms with Gasteiger partial charge in [0, 0.05) is 19.6 Å². The first-order valence-corrected chi connectivity index (χ1v) is 12.6. The van der Waals surface area contributed by atoms with Gasteiger partial charge < -0.3 is 19.8 Å². The number of nitrogens with two attached hydrogens (primary N) is 1. The molecule has 2 atom stereocenters. The zero-order valence-corrected chi connectivity index (χ0v) is 20.2. The number of nitrogen functional groups attached to an aromatic ring is 1. The van der Waals surface area contributed by atoms with E-state index in [1.54, 1.807) is 6.20 Å². The monoisotopic (exact) mass is 421 g/mol. The fourth-order valence-electron chi connectivity index (χ4n) is 3.52. The van der Waals surface area contributed by atoms with E-state index in [4.69, 9.17) is 14.9 Å². The van der Waals surface area contributed by atoms with Crippen molar-refractivity contribution in [3.05, 3.63) is 18.3 Å². The third-order valence-electron chi connectivity index (χ3n) is 4.75. The number of amides is 1. The fourth-order valence-corrected chi connectivity index (χ4v) is 4.54. The second kappa shape index (κ2) is 8.91. The van der Waals surface area contributed by atoms with Gasteiger partial charge in [0.1, 0.15) is 11.4 Å². The molecule has 1 saturated heterocycles. The summed E-state index contributed by atoms with van der Waals surface area (Å²) in [5.41, 5.74) is 6.08. The molecule has 0 aromatic carbocycles. The molecule has 7 nitrogen and oxygen atoms in total. The lowest BCUT2D eigenvalue weighted by Gasteiger charge is -2.49. The number of carbonyl (C=O) groups is 1. The minimum atomic E-state index is -0.960. The molecule has 1 aliphatic rings. The van der Waals surface area contributed by atoms with E-state index in [9.17, 15) is 4.79 Å². The first kappa shape index (κ1) is 23.5. The lowest BCUT2D eigenvalue weighted by Crippen LogP contribution is -2.63. The standard InChI is InChI=1S/C21H37N4O3Si/c1-20(2,3)18(28-29(7)8)16-14-24(15-9-10-17(22)23-13-15)11-12-25(16)19(26)27-21(4,5)6/h9-10,13,16,18H,11-12,14H2,1-8H3,(H2,22,23)/t16-,18?/m1/s1. The summed E-state index contributed by atoms with van der Waals surface area (Å²) < 4.78 is 12.2. The van der Waals surface area contributed by atoms with Gasteiger partial charge in [0.2, 0.25) is 9.04 Å². The van der Waals surface area contributed by atoms with E-state index in [-0.39, 0.29) is 23.7 Å². The normalized spacial score (nSPS) is 19.4. The molecule has 0 bridgehead atoms. The molecule has 1 unspecified atom stereocenters. The lowest BCUT2D eigenvalue weighted by molar-refractivity contribution is -0.0289. The molecule has 0 saturated carbocycles. The third-order valence-corrected chi connectivity index (χ3v) is 5.47. The van der Waals surface area contributed by atoms with Gasteiger partial charge in [0.05, 0.1) is 24.0 Å². The maximum Gasteiger partial charge on any atom is 0.410 e. The molecule has 1 radical (unpaired) electrons. The van der Waals surface area contributed by atoms with Gasteiger partial charge in [-0.1, -0.05) is 20.8 Å². The average molecular weight is 422 g/mol. The number of hydrogen-bond donors (Lipinski definition) is 1. The summed E-state index contributed by atoms with van der Waals surface area (Å²) in [4.78, 5) is 21.4. The Morgan fingerprint density at radius 3 is 2.34 bits per heavy atom. The van der Waals surface area contributed by atoms with E-state index in [1.165, 1.54) is 0 Å². The van der Waals surface area contributed by atoms with E-state index in [1.807, 2.05) is 37.8 Å². The number of pyridine rings is 1. The molecule has 1 aliphatic heterocycles.